The number of methoxy groups -OCH3 is 1. The molecule has 5 heteroatoms. The van der Waals surface area contributed by atoms with Gasteiger partial charge in [0.05, 0.1) is 24.2 Å². The van der Waals surface area contributed by atoms with Crippen LogP contribution in [0.3, 0.4) is 0 Å². The molecule has 1 amide bonds. The van der Waals surface area contributed by atoms with Gasteiger partial charge in [0.15, 0.2) is 0 Å². The van der Waals surface area contributed by atoms with Gasteiger partial charge in [-0.15, -0.1) is 11.3 Å². The van der Waals surface area contributed by atoms with E-state index in [2.05, 4.69) is 36.5 Å². The van der Waals surface area contributed by atoms with Gasteiger partial charge in [-0.1, -0.05) is 39.0 Å². The van der Waals surface area contributed by atoms with Gasteiger partial charge < -0.3 is 10.1 Å². The highest BCUT2D eigenvalue weighted by Crippen LogP contribution is 2.24. The largest absolute Gasteiger partial charge is 0.496 e. The fourth-order valence-corrected chi connectivity index (χ4v) is 3.19. The van der Waals surface area contributed by atoms with Crippen molar-refractivity contribution in [3.8, 4) is 5.75 Å². The lowest BCUT2D eigenvalue weighted by atomic mass is 9.93. The van der Waals surface area contributed by atoms with Crippen LogP contribution < -0.4 is 10.1 Å². The molecule has 4 nitrogen and oxygen atoms in total. The van der Waals surface area contributed by atoms with Crippen molar-refractivity contribution in [3.63, 3.8) is 0 Å². The maximum Gasteiger partial charge on any atom is 0.224 e. The summed E-state index contributed by atoms with van der Waals surface area (Å²) in [7, 11) is 1.62. The topological polar surface area (TPSA) is 51.2 Å². The zero-order chi connectivity index (χ0) is 16.9. The third kappa shape index (κ3) is 5.06. The number of carbonyl (C=O) groups excluding carboxylic acids is 1. The molecular formula is C18H24N2O2S. The van der Waals surface area contributed by atoms with E-state index in [4.69, 9.17) is 4.74 Å². The van der Waals surface area contributed by atoms with Crippen molar-refractivity contribution in [2.75, 3.05) is 13.7 Å². The quantitative estimate of drug-likeness (QED) is 0.882. The monoisotopic (exact) mass is 332 g/mol. The van der Waals surface area contributed by atoms with Crippen LogP contribution in [-0.2, 0) is 23.1 Å². The van der Waals surface area contributed by atoms with E-state index in [1.165, 1.54) is 0 Å². The first-order valence-corrected chi connectivity index (χ1v) is 8.61. The number of thiazole rings is 1. The number of rotatable bonds is 6. The zero-order valence-corrected chi connectivity index (χ0v) is 15.0. The van der Waals surface area contributed by atoms with Gasteiger partial charge in [-0.2, -0.15) is 0 Å². The molecule has 2 rings (SSSR count). The maximum atomic E-state index is 12.1. The van der Waals surface area contributed by atoms with Gasteiger partial charge in [0.2, 0.25) is 5.91 Å². The molecule has 0 radical (unpaired) electrons. The number of ether oxygens (including phenoxy) is 1. The van der Waals surface area contributed by atoms with E-state index in [-0.39, 0.29) is 11.3 Å². The van der Waals surface area contributed by atoms with E-state index in [9.17, 15) is 4.79 Å². The van der Waals surface area contributed by atoms with Gasteiger partial charge >= 0.3 is 0 Å². The van der Waals surface area contributed by atoms with Gasteiger partial charge in [0, 0.05) is 29.3 Å². The standard InChI is InChI=1S/C18H24N2O2S/c1-18(2,3)15-12-23-17(20-15)9-10-19-16(21)11-13-7-5-6-8-14(13)22-4/h5-8,12H,9-11H2,1-4H3,(H,19,21). The summed E-state index contributed by atoms with van der Waals surface area (Å²) < 4.78 is 5.27. The van der Waals surface area contributed by atoms with Crippen molar-refractivity contribution < 1.29 is 9.53 Å². The molecule has 2 aromatic rings. The Hall–Kier alpha value is -1.88. The van der Waals surface area contributed by atoms with Gasteiger partial charge in [-0.05, 0) is 6.07 Å². The summed E-state index contributed by atoms with van der Waals surface area (Å²) in [5.41, 5.74) is 2.08. The molecule has 23 heavy (non-hydrogen) atoms. The molecule has 0 saturated carbocycles. The van der Waals surface area contributed by atoms with Crippen molar-refractivity contribution in [3.05, 3.63) is 45.9 Å². The molecule has 0 spiro atoms. The van der Waals surface area contributed by atoms with Crippen LogP contribution in [0.1, 0.15) is 37.0 Å². The van der Waals surface area contributed by atoms with Crippen molar-refractivity contribution >= 4 is 17.2 Å². The highest BCUT2D eigenvalue weighted by Gasteiger charge is 2.17. The highest BCUT2D eigenvalue weighted by molar-refractivity contribution is 7.09. The smallest absolute Gasteiger partial charge is 0.224 e. The lowest BCUT2D eigenvalue weighted by molar-refractivity contribution is -0.120. The summed E-state index contributed by atoms with van der Waals surface area (Å²) in [6.07, 6.45) is 1.09. The Bertz CT molecular complexity index is 659. The summed E-state index contributed by atoms with van der Waals surface area (Å²) in [6.45, 7) is 7.06. The first-order chi connectivity index (χ1) is 10.9. The van der Waals surface area contributed by atoms with Crippen LogP contribution in [0, 0.1) is 0 Å². The lowest BCUT2D eigenvalue weighted by Gasteiger charge is -2.14. The summed E-state index contributed by atoms with van der Waals surface area (Å²) in [4.78, 5) is 16.7. The first kappa shape index (κ1) is 17.5. The van der Waals surface area contributed by atoms with Gasteiger partial charge in [-0.3, -0.25) is 4.79 Å². The van der Waals surface area contributed by atoms with E-state index in [0.29, 0.717) is 13.0 Å². The van der Waals surface area contributed by atoms with Crippen LogP contribution in [0.5, 0.6) is 5.75 Å². The van der Waals surface area contributed by atoms with E-state index >= 15 is 0 Å². The second-order valence-corrected chi connectivity index (χ2v) is 7.41. The van der Waals surface area contributed by atoms with Crippen LogP contribution in [0.15, 0.2) is 29.6 Å². The Balaban J connectivity index is 1.82. The molecule has 0 bridgehead atoms. The average Bonchev–Trinajstić information content (AvgIpc) is 2.97. The average molecular weight is 332 g/mol. The van der Waals surface area contributed by atoms with Gasteiger partial charge in [-0.25, -0.2) is 4.98 Å². The van der Waals surface area contributed by atoms with E-state index in [0.717, 1.165) is 28.4 Å². The Kier molecular flexibility index (Phi) is 5.77. The molecule has 0 unspecified atom stereocenters. The first-order valence-electron chi connectivity index (χ1n) is 7.73. The highest BCUT2D eigenvalue weighted by atomic mass is 32.1. The van der Waals surface area contributed by atoms with Crippen LogP contribution in [-0.4, -0.2) is 24.5 Å². The predicted octanol–water partition coefficient (Wildman–Crippen LogP) is 3.35. The van der Waals surface area contributed by atoms with E-state index < -0.39 is 0 Å². The Morgan fingerprint density at radius 2 is 2.04 bits per heavy atom. The molecule has 1 N–H and O–H groups in total. The van der Waals surface area contributed by atoms with Crippen molar-refractivity contribution in [1.29, 1.82) is 0 Å². The van der Waals surface area contributed by atoms with Crippen LogP contribution in [0.2, 0.25) is 0 Å². The van der Waals surface area contributed by atoms with E-state index in [1.54, 1.807) is 18.4 Å². The fraction of sp³-hybridized carbons (Fsp3) is 0.444. The summed E-state index contributed by atoms with van der Waals surface area (Å²) in [5, 5.41) is 6.12. The fourth-order valence-electron chi connectivity index (χ4n) is 2.16. The minimum atomic E-state index is 0.00195. The summed E-state index contributed by atoms with van der Waals surface area (Å²) >= 11 is 1.66. The molecule has 1 heterocycles. The zero-order valence-electron chi connectivity index (χ0n) is 14.2. The molecule has 0 aliphatic heterocycles. The van der Waals surface area contributed by atoms with Crippen molar-refractivity contribution in [1.82, 2.24) is 10.3 Å². The summed E-state index contributed by atoms with van der Waals surface area (Å²) in [6, 6.07) is 7.59. The molecule has 124 valence electrons. The molecule has 0 atom stereocenters. The third-order valence-electron chi connectivity index (χ3n) is 3.52. The predicted molar refractivity (Wildman–Crippen MR) is 94.2 cm³/mol. The number of hydrogen-bond acceptors (Lipinski definition) is 4. The number of aromatic nitrogens is 1. The minimum Gasteiger partial charge on any atom is -0.496 e. The molecule has 1 aromatic carbocycles. The number of nitrogens with zero attached hydrogens (tertiary/aromatic N) is 1. The van der Waals surface area contributed by atoms with Gasteiger partial charge in [0.25, 0.3) is 0 Å². The Labute approximate surface area is 141 Å². The normalized spacial score (nSPS) is 11.3. The number of nitrogens with one attached hydrogen (secondary N) is 1. The maximum absolute atomic E-state index is 12.1. The minimum absolute atomic E-state index is 0.00195. The molecule has 1 aromatic heterocycles. The number of para-hydroxylation sites is 1. The second kappa shape index (κ2) is 7.59. The number of benzene rings is 1. The van der Waals surface area contributed by atoms with Crippen LogP contribution in [0.4, 0.5) is 0 Å². The number of carbonyl (C=O) groups is 1. The lowest BCUT2D eigenvalue weighted by Crippen LogP contribution is -2.27. The number of hydrogen-bond donors (Lipinski definition) is 1. The molecule has 0 aliphatic carbocycles. The Morgan fingerprint density at radius 3 is 2.70 bits per heavy atom. The third-order valence-corrected chi connectivity index (χ3v) is 4.43. The van der Waals surface area contributed by atoms with Crippen LogP contribution in [0.25, 0.3) is 0 Å². The molecule has 0 saturated heterocycles. The molecule has 0 fully saturated rings. The molecular weight excluding hydrogens is 308 g/mol. The summed E-state index contributed by atoms with van der Waals surface area (Å²) in [5.74, 6) is 0.750. The Morgan fingerprint density at radius 1 is 1.30 bits per heavy atom. The SMILES string of the molecule is COc1ccccc1CC(=O)NCCc1nc(C(C)(C)C)cs1. The van der Waals surface area contributed by atoms with Crippen molar-refractivity contribution in [2.24, 2.45) is 0 Å². The second-order valence-electron chi connectivity index (χ2n) is 6.47. The number of amides is 1. The molecule has 0 aliphatic rings. The van der Waals surface area contributed by atoms with Crippen LogP contribution >= 0.6 is 11.3 Å². The van der Waals surface area contributed by atoms with Crippen molar-refractivity contribution in [2.45, 2.75) is 39.0 Å². The van der Waals surface area contributed by atoms with Gasteiger partial charge in [0.1, 0.15) is 5.75 Å². The van der Waals surface area contributed by atoms with E-state index in [1.807, 2.05) is 24.3 Å².